The molecule has 1 aromatic carbocycles. The van der Waals surface area contributed by atoms with Crippen LogP contribution in [0.15, 0.2) is 18.2 Å². The lowest BCUT2D eigenvalue weighted by Gasteiger charge is -2.27. The summed E-state index contributed by atoms with van der Waals surface area (Å²) in [5.74, 6) is -1.28. The average molecular weight is 296 g/mol. The van der Waals surface area contributed by atoms with Gasteiger partial charge in [0.15, 0.2) is 0 Å². The molecule has 0 heterocycles. The summed E-state index contributed by atoms with van der Waals surface area (Å²) in [7, 11) is 0. The molecule has 4 nitrogen and oxygen atoms in total. The van der Waals surface area contributed by atoms with E-state index in [1.165, 1.54) is 0 Å². The summed E-state index contributed by atoms with van der Waals surface area (Å²) in [4.78, 5) is 23.2. The Morgan fingerprint density at radius 1 is 1.35 bits per heavy atom. The van der Waals surface area contributed by atoms with E-state index in [1.54, 1.807) is 18.2 Å². The number of nitrogens with one attached hydrogen (secondary N) is 1. The van der Waals surface area contributed by atoms with Crippen LogP contribution in [-0.4, -0.2) is 23.0 Å². The second-order valence-electron chi connectivity index (χ2n) is 5.34. The van der Waals surface area contributed by atoms with Crippen LogP contribution in [-0.2, 0) is 4.79 Å². The Morgan fingerprint density at radius 3 is 2.75 bits per heavy atom. The fraction of sp³-hybridized carbons (Fsp3) is 0.467. The highest BCUT2D eigenvalue weighted by molar-refractivity contribution is 6.31. The fourth-order valence-corrected chi connectivity index (χ4v) is 2.72. The predicted octanol–water partition coefficient (Wildman–Crippen LogP) is 3.02. The smallest absolute Gasteiger partial charge is 0.306 e. The highest BCUT2D eigenvalue weighted by Gasteiger charge is 2.27. The number of rotatable bonds is 3. The molecule has 108 valence electrons. The van der Waals surface area contributed by atoms with E-state index < -0.39 is 5.97 Å². The second-order valence-corrected chi connectivity index (χ2v) is 5.74. The number of carboxylic acids is 1. The van der Waals surface area contributed by atoms with Gasteiger partial charge in [-0.1, -0.05) is 18.0 Å². The van der Waals surface area contributed by atoms with E-state index >= 15 is 0 Å². The van der Waals surface area contributed by atoms with Crippen molar-refractivity contribution in [2.24, 2.45) is 5.92 Å². The van der Waals surface area contributed by atoms with Crippen molar-refractivity contribution in [1.29, 1.82) is 0 Å². The van der Waals surface area contributed by atoms with Crippen LogP contribution in [0, 0.1) is 12.8 Å². The van der Waals surface area contributed by atoms with Gasteiger partial charge in [0, 0.05) is 16.6 Å². The van der Waals surface area contributed by atoms with Crippen LogP contribution in [0.4, 0.5) is 0 Å². The Kier molecular flexibility index (Phi) is 4.65. The molecule has 1 amide bonds. The van der Waals surface area contributed by atoms with Crippen molar-refractivity contribution in [3.05, 3.63) is 34.3 Å². The number of hydrogen-bond acceptors (Lipinski definition) is 2. The van der Waals surface area contributed by atoms with Crippen molar-refractivity contribution >= 4 is 23.5 Å². The van der Waals surface area contributed by atoms with Crippen molar-refractivity contribution < 1.29 is 14.7 Å². The number of carbonyl (C=O) groups is 2. The molecule has 2 rings (SSSR count). The van der Waals surface area contributed by atoms with Gasteiger partial charge in [0.1, 0.15) is 0 Å². The van der Waals surface area contributed by atoms with E-state index in [9.17, 15) is 9.59 Å². The monoisotopic (exact) mass is 295 g/mol. The molecule has 20 heavy (non-hydrogen) atoms. The molecule has 2 atom stereocenters. The predicted molar refractivity (Wildman–Crippen MR) is 77.0 cm³/mol. The quantitative estimate of drug-likeness (QED) is 0.901. The number of carboxylic acid groups (broad SMARTS) is 1. The lowest BCUT2D eigenvalue weighted by atomic mass is 9.85. The minimum absolute atomic E-state index is 0.0617. The first kappa shape index (κ1) is 14.9. The van der Waals surface area contributed by atoms with Gasteiger partial charge in [-0.2, -0.15) is 0 Å². The standard InChI is InChI=1S/C15H18ClNO3/c1-9-7-10(5-6-13(9)16)14(18)17-12-4-2-3-11(8-12)15(19)20/h5-7,11-12H,2-4,8H2,1H3,(H,17,18)(H,19,20). The number of hydrogen-bond donors (Lipinski definition) is 2. The first-order chi connectivity index (χ1) is 9.47. The zero-order valence-corrected chi connectivity index (χ0v) is 12.1. The normalized spacial score (nSPS) is 22.3. The molecule has 0 aliphatic heterocycles. The minimum atomic E-state index is -0.772. The average Bonchev–Trinajstić information content (AvgIpc) is 2.42. The minimum Gasteiger partial charge on any atom is -0.481 e. The SMILES string of the molecule is Cc1cc(C(=O)NC2CCCC(C(=O)O)C2)ccc1Cl. The molecule has 1 aliphatic carbocycles. The Bertz CT molecular complexity index is 530. The van der Waals surface area contributed by atoms with Gasteiger partial charge in [-0.3, -0.25) is 9.59 Å². The van der Waals surface area contributed by atoms with E-state index in [1.807, 2.05) is 6.92 Å². The number of amides is 1. The lowest BCUT2D eigenvalue weighted by molar-refractivity contribution is -0.143. The lowest BCUT2D eigenvalue weighted by Crippen LogP contribution is -2.39. The molecule has 2 unspecified atom stereocenters. The molecule has 1 fully saturated rings. The third-order valence-electron chi connectivity index (χ3n) is 3.78. The molecule has 0 radical (unpaired) electrons. The van der Waals surface area contributed by atoms with Gasteiger partial charge in [0.25, 0.3) is 5.91 Å². The van der Waals surface area contributed by atoms with Crippen molar-refractivity contribution in [3.63, 3.8) is 0 Å². The van der Waals surface area contributed by atoms with Gasteiger partial charge < -0.3 is 10.4 Å². The Hall–Kier alpha value is -1.55. The molecular weight excluding hydrogens is 278 g/mol. The second kappa shape index (κ2) is 6.27. The van der Waals surface area contributed by atoms with E-state index in [0.717, 1.165) is 18.4 Å². The molecule has 0 bridgehead atoms. The number of halogens is 1. The summed E-state index contributed by atoms with van der Waals surface area (Å²) in [5, 5.41) is 12.6. The molecular formula is C15H18ClNO3. The summed E-state index contributed by atoms with van der Waals surface area (Å²) in [6, 6.07) is 5.07. The summed E-state index contributed by atoms with van der Waals surface area (Å²) < 4.78 is 0. The molecule has 5 heteroatoms. The van der Waals surface area contributed by atoms with Crippen LogP contribution in [0.2, 0.25) is 5.02 Å². The van der Waals surface area contributed by atoms with E-state index in [4.69, 9.17) is 16.7 Å². The number of aryl methyl sites for hydroxylation is 1. The first-order valence-corrected chi connectivity index (χ1v) is 7.15. The molecule has 2 N–H and O–H groups in total. The molecule has 1 aliphatic rings. The van der Waals surface area contributed by atoms with Crippen LogP contribution in [0.3, 0.4) is 0 Å². The highest BCUT2D eigenvalue weighted by Crippen LogP contribution is 2.25. The fourth-order valence-electron chi connectivity index (χ4n) is 2.60. The third-order valence-corrected chi connectivity index (χ3v) is 4.20. The maximum absolute atomic E-state index is 12.2. The highest BCUT2D eigenvalue weighted by atomic mass is 35.5. The van der Waals surface area contributed by atoms with Crippen LogP contribution >= 0.6 is 11.6 Å². The van der Waals surface area contributed by atoms with Crippen LogP contribution < -0.4 is 5.32 Å². The van der Waals surface area contributed by atoms with Crippen molar-refractivity contribution in [2.75, 3.05) is 0 Å². The zero-order valence-electron chi connectivity index (χ0n) is 11.4. The van der Waals surface area contributed by atoms with Gasteiger partial charge in [-0.25, -0.2) is 0 Å². The molecule has 1 saturated carbocycles. The topological polar surface area (TPSA) is 66.4 Å². The molecule has 1 aromatic rings. The van der Waals surface area contributed by atoms with Gasteiger partial charge in [-0.15, -0.1) is 0 Å². The largest absolute Gasteiger partial charge is 0.481 e. The maximum Gasteiger partial charge on any atom is 0.306 e. The van der Waals surface area contributed by atoms with E-state index in [0.29, 0.717) is 23.4 Å². The van der Waals surface area contributed by atoms with E-state index in [-0.39, 0.29) is 17.9 Å². The maximum atomic E-state index is 12.2. The Labute approximate surface area is 123 Å². The number of benzene rings is 1. The molecule has 0 spiro atoms. The summed E-state index contributed by atoms with van der Waals surface area (Å²) in [6.07, 6.45) is 2.87. The summed E-state index contributed by atoms with van der Waals surface area (Å²) in [5.41, 5.74) is 1.41. The first-order valence-electron chi connectivity index (χ1n) is 6.77. The van der Waals surface area contributed by atoms with Gasteiger partial charge in [0.2, 0.25) is 0 Å². The van der Waals surface area contributed by atoms with Crippen LogP contribution in [0.25, 0.3) is 0 Å². The number of aliphatic carboxylic acids is 1. The van der Waals surface area contributed by atoms with Crippen LogP contribution in [0.5, 0.6) is 0 Å². The molecule has 0 aromatic heterocycles. The third kappa shape index (κ3) is 3.51. The number of carbonyl (C=O) groups excluding carboxylic acids is 1. The van der Waals surface area contributed by atoms with E-state index in [2.05, 4.69) is 5.32 Å². The molecule has 0 saturated heterocycles. The Morgan fingerprint density at radius 2 is 2.10 bits per heavy atom. The van der Waals surface area contributed by atoms with Crippen molar-refractivity contribution in [1.82, 2.24) is 5.32 Å². The zero-order chi connectivity index (χ0) is 14.7. The van der Waals surface area contributed by atoms with Crippen molar-refractivity contribution in [3.8, 4) is 0 Å². The van der Waals surface area contributed by atoms with Gasteiger partial charge in [-0.05, 0) is 49.9 Å². The summed E-state index contributed by atoms with van der Waals surface area (Å²) in [6.45, 7) is 1.85. The van der Waals surface area contributed by atoms with Gasteiger partial charge in [0.05, 0.1) is 5.92 Å². The van der Waals surface area contributed by atoms with Crippen molar-refractivity contribution in [2.45, 2.75) is 38.6 Å². The van der Waals surface area contributed by atoms with Gasteiger partial charge >= 0.3 is 5.97 Å². The summed E-state index contributed by atoms with van der Waals surface area (Å²) >= 11 is 5.93. The Balaban J connectivity index is 2.00. The van der Waals surface area contributed by atoms with Crippen LogP contribution in [0.1, 0.15) is 41.6 Å².